The van der Waals surface area contributed by atoms with Crippen molar-refractivity contribution in [1.29, 1.82) is 0 Å². The highest BCUT2D eigenvalue weighted by molar-refractivity contribution is 5.17. The van der Waals surface area contributed by atoms with Gasteiger partial charge in [0.15, 0.2) is 0 Å². The zero-order valence-corrected chi connectivity index (χ0v) is 10.6. The Morgan fingerprint density at radius 2 is 1.94 bits per heavy atom. The highest BCUT2D eigenvalue weighted by Gasteiger charge is 2.19. The quantitative estimate of drug-likeness (QED) is 0.835. The van der Waals surface area contributed by atoms with Crippen LogP contribution in [-0.4, -0.2) is 6.04 Å². The number of halogens is 1. The maximum absolute atomic E-state index is 13.4. The van der Waals surface area contributed by atoms with Crippen molar-refractivity contribution in [3.8, 4) is 0 Å². The lowest BCUT2D eigenvalue weighted by atomic mass is 9.84. The van der Waals surface area contributed by atoms with Gasteiger partial charge in [0.05, 0.1) is 0 Å². The van der Waals surface area contributed by atoms with E-state index in [4.69, 9.17) is 0 Å². The Morgan fingerprint density at radius 1 is 1.24 bits per heavy atom. The van der Waals surface area contributed by atoms with Crippen molar-refractivity contribution in [2.24, 2.45) is 5.92 Å². The molecule has 0 aliphatic heterocycles. The van der Waals surface area contributed by atoms with E-state index < -0.39 is 0 Å². The van der Waals surface area contributed by atoms with Crippen LogP contribution in [0.1, 0.15) is 44.6 Å². The van der Waals surface area contributed by atoms with Gasteiger partial charge >= 0.3 is 0 Å². The van der Waals surface area contributed by atoms with Gasteiger partial charge in [0.25, 0.3) is 0 Å². The summed E-state index contributed by atoms with van der Waals surface area (Å²) < 4.78 is 13.4. The summed E-state index contributed by atoms with van der Waals surface area (Å²) in [5.41, 5.74) is 0.773. The summed E-state index contributed by atoms with van der Waals surface area (Å²) in [7, 11) is 0. The Morgan fingerprint density at radius 3 is 2.65 bits per heavy atom. The summed E-state index contributed by atoms with van der Waals surface area (Å²) >= 11 is 0. The van der Waals surface area contributed by atoms with E-state index in [1.807, 2.05) is 12.1 Å². The molecular weight excluding hydrogens is 213 g/mol. The Bertz CT molecular complexity index is 345. The van der Waals surface area contributed by atoms with Crippen LogP contribution in [0.3, 0.4) is 0 Å². The van der Waals surface area contributed by atoms with Gasteiger partial charge in [-0.1, -0.05) is 37.5 Å². The zero-order valence-electron chi connectivity index (χ0n) is 10.6. The fraction of sp³-hybridized carbons (Fsp3) is 0.600. The van der Waals surface area contributed by atoms with Gasteiger partial charge in [-0.2, -0.15) is 0 Å². The first-order valence-electron chi connectivity index (χ1n) is 6.74. The van der Waals surface area contributed by atoms with Gasteiger partial charge in [-0.3, -0.25) is 0 Å². The summed E-state index contributed by atoms with van der Waals surface area (Å²) in [5.74, 6) is 0.673. The van der Waals surface area contributed by atoms with E-state index >= 15 is 0 Å². The van der Waals surface area contributed by atoms with E-state index in [0.29, 0.717) is 12.6 Å². The first-order valence-corrected chi connectivity index (χ1v) is 6.74. The second-order valence-corrected chi connectivity index (χ2v) is 5.16. The molecule has 94 valence electrons. The van der Waals surface area contributed by atoms with Crippen molar-refractivity contribution in [2.75, 3.05) is 0 Å². The lowest BCUT2D eigenvalue weighted by Crippen LogP contribution is -2.34. The maximum atomic E-state index is 13.4. The van der Waals surface area contributed by atoms with Crippen molar-refractivity contribution in [2.45, 2.75) is 51.6 Å². The van der Waals surface area contributed by atoms with Crippen LogP contribution in [0.4, 0.5) is 4.39 Å². The van der Waals surface area contributed by atoms with E-state index in [9.17, 15) is 4.39 Å². The lowest BCUT2D eigenvalue weighted by Gasteiger charge is -2.28. The summed E-state index contributed by atoms with van der Waals surface area (Å²) in [4.78, 5) is 0. The Hall–Kier alpha value is -0.890. The van der Waals surface area contributed by atoms with Gasteiger partial charge in [0, 0.05) is 18.2 Å². The molecule has 17 heavy (non-hydrogen) atoms. The van der Waals surface area contributed by atoms with Gasteiger partial charge in [-0.15, -0.1) is 0 Å². The van der Waals surface area contributed by atoms with Crippen LogP contribution in [0.2, 0.25) is 0 Å². The molecule has 1 aromatic rings. The van der Waals surface area contributed by atoms with Crippen LogP contribution in [0.15, 0.2) is 24.3 Å². The van der Waals surface area contributed by atoms with Gasteiger partial charge < -0.3 is 5.32 Å². The fourth-order valence-corrected chi connectivity index (χ4v) is 2.71. The summed E-state index contributed by atoms with van der Waals surface area (Å²) in [6, 6.07) is 7.52. The van der Waals surface area contributed by atoms with E-state index in [1.54, 1.807) is 6.07 Å². The molecule has 1 atom stereocenters. The van der Waals surface area contributed by atoms with Crippen molar-refractivity contribution in [3.05, 3.63) is 35.6 Å². The number of nitrogens with one attached hydrogen (secondary N) is 1. The van der Waals surface area contributed by atoms with E-state index in [0.717, 1.165) is 11.5 Å². The highest BCUT2D eigenvalue weighted by atomic mass is 19.1. The van der Waals surface area contributed by atoms with Gasteiger partial charge in [-0.25, -0.2) is 4.39 Å². The molecule has 0 amide bonds. The number of hydrogen-bond donors (Lipinski definition) is 1. The second kappa shape index (κ2) is 6.15. The molecule has 1 aliphatic rings. The molecule has 0 heterocycles. The third-order valence-electron chi connectivity index (χ3n) is 3.93. The normalized spacial score (nSPS) is 19.2. The van der Waals surface area contributed by atoms with Crippen molar-refractivity contribution >= 4 is 0 Å². The zero-order chi connectivity index (χ0) is 12.1. The first kappa shape index (κ1) is 12.6. The van der Waals surface area contributed by atoms with Crippen LogP contribution in [-0.2, 0) is 6.54 Å². The fourth-order valence-electron chi connectivity index (χ4n) is 2.71. The van der Waals surface area contributed by atoms with Crippen LogP contribution >= 0.6 is 0 Å². The van der Waals surface area contributed by atoms with Crippen LogP contribution in [0.5, 0.6) is 0 Å². The minimum absolute atomic E-state index is 0.101. The van der Waals surface area contributed by atoms with Gasteiger partial charge in [-0.05, 0) is 31.7 Å². The minimum atomic E-state index is -0.101. The van der Waals surface area contributed by atoms with E-state index in [1.165, 1.54) is 38.2 Å². The average molecular weight is 235 g/mol. The van der Waals surface area contributed by atoms with Gasteiger partial charge in [0.2, 0.25) is 0 Å². The van der Waals surface area contributed by atoms with E-state index in [-0.39, 0.29) is 5.82 Å². The largest absolute Gasteiger partial charge is 0.310 e. The van der Waals surface area contributed by atoms with Crippen molar-refractivity contribution in [1.82, 2.24) is 5.32 Å². The smallest absolute Gasteiger partial charge is 0.127 e. The molecule has 0 spiro atoms. The molecule has 2 rings (SSSR count). The SMILES string of the molecule is C[C@@H](NCc1ccccc1F)C1CCCCC1. The molecule has 1 nitrogen and oxygen atoms in total. The lowest BCUT2D eigenvalue weighted by molar-refractivity contribution is 0.280. The summed E-state index contributed by atoms with van der Waals surface area (Å²) in [5, 5.41) is 3.47. The minimum Gasteiger partial charge on any atom is -0.310 e. The van der Waals surface area contributed by atoms with E-state index in [2.05, 4.69) is 12.2 Å². The predicted octanol–water partition coefficient (Wildman–Crippen LogP) is 3.88. The molecule has 0 saturated heterocycles. The third kappa shape index (κ3) is 3.53. The molecule has 1 fully saturated rings. The van der Waals surface area contributed by atoms with Crippen molar-refractivity contribution < 1.29 is 4.39 Å². The standard InChI is InChI=1S/C15H22FN/c1-12(13-7-3-2-4-8-13)17-11-14-9-5-6-10-15(14)16/h5-6,9-10,12-13,17H,2-4,7-8,11H2,1H3/t12-/m1/s1. The third-order valence-corrected chi connectivity index (χ3v) is 3.93. The molecular formula is C15H22FN. The maximum Gasteiger partial charge on any atom is 0.127 e. The monoisotopic (exact) mass is 235 g/mol. The molecule has 1 aromatic carbocycles. The Balaban J connectivity index is 1.83. The summed E-state index contributed by atoms with van der Waals surface area (Å²) in [6.07, 6.45) is 6.75. The van der Waals surface area contributed by atoms with Crippen LogP contribution < -0.4 is 5.32 Å². The molecule has 0 radical (unpaired) electrons. The number of benzene rings is 1. The number of rotatable bonds is 4. The van der Waals surface area contributed by atoms with Gasteiger partial charge in [0.1, 0.15) is 5.82 Å². The van der Waals surface area contributed by atoms with Crippen LogP contribution in [0, 0.1) is 11.7 Å². The van der Waals surface area contributed by atoms with Crippen molar-refractivity contribution in [3.63, 3.8) is 0 Å². The average Bonchev–Trinajstić information content (AvgIpc) is 2.38. The molecule has 1 saturated carbocycles. The molecule has 0 bridgehead atoms. The molecule has 1 aliphatic carbocycles. The second-order valence-electron chi connectivity index (χ2n) is 5.16. The Kier molecular flexibility index (Phi) is 4.55. The Labute approximate surface area is 103 Å². The first-order chi connectivity index (χ1) is 8.27. The molecule has 0 unspecified atom stereocenters. The summed E-state index contributed by atoms with van der Waals surface area (Å²) in [6.45, 7) is 2.88. The molecule has 2 heteroatoms. The predicted molar refractivity (Wildman–Crippen MR) is 69.3 cm³/mol. The molecule has 0 aromatic heterocycles. The topological polar surface area (TPSA) is 12.0 Å². The molecule has 1 N–H and O–H groups in total. The highest BCUT2D eigenvalue weighted by Crippen LogP contribution is 2.26. The number of hydrogen-bond acceptors (Lipinski definition) is 1. The van der Waals surface area contributed by atoms with Crippen LogP contribution in [0.25, 0.3) is 0 Å².